The molecule has 1 aliphatic heterocycles. The first-order valence-electron chi connectivity index (χ1n) is 7.71. The van der Waals surface area contributed by atoms with Gasteiger partial charge in [0, 0.05) is 26.2 Å². The van der Waals surface area contributed by atoms with E-state index in [1.807, 2.05) is 0 Å². The van der Waals surface area contributed by atoms with Gasteiger partial charge in [-0.05, 0) is 57.0 Å². The molecule has 1 saturated heterocycles. The van der Waals surface area contributed by atoms with Gasteiger partial charge in [-0.3, -0.25) is 0 Å². The van der Waals surface area contributed by atoms with Crippen LogP contribution >= 0.6 is 0 Å². The highest BCUT2D eigenvalue weighted by molar-refractivity contribution is 4.86. The number of rotatable bonds is 8. The number of hydrogen-bond acceptors (Lipinski definition) is 3. The first-order chi connectivity index (χ1) is 8.74. The summed E-state index contributed by atoms with van der Waals surface area (Å²) in [6.45, 7) is 8.92. The lowest BCUT2D eigenvalue weighted by Crippen LogP contribution is -2.47. The zero-order chi connectivity index (χ0) is 12.8. The molecular formula is C15H30N2O. The third-order valence-electron chi connectivity index (χ3n) is 4.58. The number of likely N-dealkylation sites (N-methyl/N-ethyl adjacent to an activating group) is 1. The first kappa shape index (κ1) is 14.3. The normalized spacial score (nSPS) is 28.8. The highest BCUT2D eigenvalue weighted by atomic mass is 16.5. The average Bonchev–Trinajstić information content (AvgIpc) is 3.20. The SMILES string of the molecule is CCC1(CN(C)CCOCC2CC2)CCCNC1. The fraction of sp³-hybridized carbons (Fsp3) is 1.00. The van der Waals surface area contributed by atoms with Crippen LogP contribution in [-0.4, -0.2) is 51.3 Å². The van der Waals surface area contributed by atoms with Crippen molar-refractivity contribution in [2.45, 2.75) is 39.0 Å². The number of hydrogen-bond donors (Lipinski definition) is 1. The van der Waals surface area contributed by atoms with Crippen LogP contribution < -0.4 is 5.32 Å². The second-order valence-electron chi connectivity index (χ2n) is 6.39. The van der Waals surface area contributed by atoms with Crippen LogP contribution in [0, 0.1) is 11.3 Å². The molecule has 2 fully saturated rings. The molecule has 3 heteroatoms. The predicted octanol–water partition coefficient (Wildman–Crippen LogP) is 2.12. The largest absolute Gasteiger partial charge is 0.380 e. The molecule has 0 spiro atoms. The van der Waals surface area contributed by atoms with E-state index in [4.69, 9.17) is 4.74 Å². The lowest BCUT2D eigenvalue weighted by atomic mass is 9.78. The quantitative estimate of drug-likeness (QED) is 0.672. The van der Waals surface area contributed by atoms with Gasteiger partial charge < -0.3 is 15.0 Å². The van der Waals surface area contributed by atoms with Crippen LogP contribution in [0.3, 0.4) is 0 Å². The summed E-state index contributed by atoms with van der Waals surface area (Å²) >= 11 is 0. The van der Waals surface area contributed by atoms with Crippen molar-refractivity contribution in [1.29, 1.82) is 0 Å². The van der Waals surface area contributed by atoms with E-state index in [-0.39, 0.29) is 0 Å². The van der Waals surface area contributed by atoms with Crippen LogP contribution in [0.4, 0.5) is 0 Å². The highest BCUT2D eigenvalue weighted by Crippen LogP contribution is 2.31. The van der Waals surface area contributed by atoms with Crippen molar-refractivity contribution in [3.63, 3.8) is 0 Å². The average molecular weight is 254 g/mol. The molecule has 2 aliphatic rings. The van der Waals surface area contributed by atoms with Gasteiger partial charge in [-0.1, -0.05) is 6.92 Å². The standard InChI is InChI=1S/C15H30N2O/c1-3-15(7-4-8-16-12-15)13-17(2)9-10-18-11-14-5-6-14/h14,16H,3-13H2,1-2H3. The second kappa shape index (κ2) is 6.88. The monoisotopic (exact) mass is 254 g/mol. The van der Waals surface area contributed by atoms with Crippen molar-refractivity contribution < 1.29 is 4.74 Å². The van der Waals surface area contributed by atoms with Gasteiger partial charge in [0.1, 0.15) is 0 Å². The summed E-state index contributed by atoms with van der Waals surface area (Å²) in [4.78, 5) is 2.46. The summed E-state index contributed by atoms with van der Waals surface area (Å²) in [6.07, 6.45) is 6.78. The lowest BCUT2D eigenvalue weighted by molar-refractivity contribution is 0.0764. The third kappa shape index (κ3) is 4.52. The van der Waals surface area contributed by atoms with Crippen molar-refractivity contribution in [3.05, 3.63) is 0 Å². The Morgan fingerprint density at radius 2 is 2.22 bits per heavy atom. The van der Waals surface area contributed by atoms with Crippen LogP contribution in [0.1, 0.15) is 39.0 Å². The van der Waals surface area contributed by atoms with Gasteiger partial charge in [0.2, 0.25) is 0 Å². The van der Waals surface area contributed by atoms with E-state index in [9.17, 15) is 0 Å². The Morgan fingerprint density at radius 1 is 1.39 bits per heavy atom. The molecule has 0 aromatic rings. The Bertz CT molecular complexity index is 235. The fourth-order valence-electron chi connectivity index (χ4n) is 2.99. The molecule has 1 atom stereocenters. The Kier molecular flexibility index (Phi) is 5.46. The summed E-state index contributed by atoms with van der Waals surface area (Å²) in [7, 11) is 2.24. The molecule has 106 valence electrons. The first-order valence-corrected chi connectivity index (χ1v) is 7.71. The molecule has 0 amide bonds. The maximum Gasteiger partial charge on any atom is 0.0593 e. The van der Waals surface area contributed by atoms with E-state index < -0.39 is 0 Å². The van der Waals surface area contributed by atoms with Gasteiger partial charge in [-0.25, -0.2) is 0 Å². The molecule has 0 aromatic heterocycles. The Labute approximate surface area is 112 Å². The Morgan fingerprint density at radius 3 is 2.83 bits per heavy atom. The zero-order valence-corrected chi connectivity index (χ0v) is 12.2. The Hall–Kier alpha value is -0.120. The van der Waals surface area contributed by atoms with E-state index in [1.165, 1.54) is 51.7 Å². The van der Waals surface area contributed by atoms with E-state index in [1.54, 1.807) is 0 Å². The van der Waals surface area contributed by atoms with E-state index in [2.05, 4.69) is 24.2 Å². The zero-order valence-electron chi connectivity index (χ0n) is 12.2. The van der Waals surface area contributed by atoms with Crippen LogP contribution in [0.25, 0.3) is 0 Å². The summed E-state index contributed by atoms with van der Waals surface area (Å²) < 4.78 is 5.73. The highest BCUT2D eigenvalue weighted by Gasteiger charge is 2.31. The van der Waals surface area contributed by atoms with Crippen molar-refractivity contribution in [3.8, 4) is 0 Å². The third-order valence-corrected chi connectivity index (χ3v) is 4.58. The van der Waals surface area contributed by atoms with E-state index in [0.717, 1.165) is 25.7 Å². The van der Waals surface area contributed by atoms with E-state index >= 15 is 0 Å². The Balaban J connectivity index is 1.62. The van der Waals surface area contributed by atoms with Crippen LogP contribution in [0.5, 0.6) is 0 Å². The lowest BCUT2D eigenvalue weighted by Gasteiger charge is -2.40. The molecule has 1 heterocycles. The molecule has 3 nitrogen and oxygen atoms in total. The molecule has 1 aliphatic carbocycles. The maximum atomic E-state index is 5.73. The van der Waals surface area contributed by atoms with Crippen molar-refractivity contribution >= 4 is 0 Å². The van der Waals surface area contributed by atoms with Crippen molar-refractivity contribution in [2.75, 3.05) is 46.4 Å². The van der Waals surface area contributed by atoms with Crippen LogP contribution in [0.15, 0.2) is 0 Å². The topological polar surface area (TPSA) is 24.5 Å². The molecule has 2 rings (SSSR count). The molecule has 1 saturated carbocycles. The van der Waals surface area contributed by atoms with Crippen molar-refractivity contribution in [2.24, 2.45) is 11.3 Å². The van der Waals surface area contributed by atoms with Crippen LogP contribution in [0.2, 0.25) is 0 Å². The summed E-state index contributed by atoms with van der Waals surface area (Å²) in [5.74, 6) is 0.889. The molecular weight excluding hydrogens is 224 g/mol. The van der Waals surface area contributed by atoms with E-state index in [0.29, 0.717) is 5.41 Å². The van der Waals surface area contributed by atoms with Gasteiger partial charge >= 0.3 is 0 Å². The maximum absolute atomic E-state index is 5.73. The molecule has 0 bridgehead atoms. The minimum atomic E-state index is 0.503. The minimum absolute atomic E-state index is 0.503. The summed E-state index contributed by atoms with van der Waals surface area (Å²) in [5, 5.41) is 3.56. The predicted molar refractivity (Wildman–Crippen MR) is 75.9 cm³/mol. The second-order valence-corrected chi connectivity index (χ2v) is 6.39. The molecule has 0 aromatic carbocycles. The fourth-order valence-corrected chi connectivity index (χ4v) is 2.99. The molecule has 1 N–H and O–H groups in total. The number of nitrogens with zero attached hydrogens (tertiary/aromatic N) is 1. The van der Waals surface area contributed by atoms with Gasteiger partial charge in [0.05, 0.1) is 6.61 Å². The smallest absolute Gasteiger partial charge is 0.0593 e. The summed E-state index contributed by atoms with van der Waals surface area (Å²) in [6, 6.07) is 0. The number of ether oxygens (including phenoxy) is 1. The van der Waals surface area contributed by atoms with Gasteiger partial charge in [-0.2, -0.15) is 0 Å². The molecule has 0 radical (unpaired) electrons. The van der Waals surface area contributed by atoms with Crippen LogP contribution in [-0.2, 0) is 4.74 Å². The van der Waals surface area contributed by atoms with Gasteiger partial charge in [-0.15, -0.1) is 0 Å². The van der Waals surface area contributed by atoms with Gasteiger partial charge in [0.25, 0.3) is 0 Å². The molecule has 1 unspecified atom stereocenters. The van der Waals surface area contributed by atoms with Gasteiger partial charge in [0.15, 0.2) is 0 Å². The molecule has 18 heavy (non-hydrogen) atoms. The number of nitrogens with one attached hydrogen (secondary N) is 1. The number of piperidine rings is 1. The minimum Gasteiger partial charge on any atom is -0.380 e. The summed E-state index contributed by atoms with van der Waals surface area (Å²) in [5.41, 5.74) is 0.503. The van der Waals surface area contributed by atoms with Crippen molar-refractivity contribution in [1.82, 2.24) is 10.2 Å².